The van der Waals surface area contributed by atoms with Crippen LogP contribution in [0, 0.1) is 5.92 Å². The summed E-state index contributed by atoms with van der Waals surface area (Å²) in [5.41, 5.74) is 5.07. The fourth-order valence-electron chi connectivity index (χ4n) is 2.02. The van der Waals surface area contributed by atoms with E-state index in [0.717, 1.165) is 0 Å². The van der Waals surface area contributed by atoms with Crippen LogP contribution in [0.1, 0.15) is 27.7 Å². The van der Waals surface area contributed by atoms with E-state index in [1.54, 1.807) is 0 Å². The Labute approximate surface area is 118 Å². The first-order chi connectivity index (χ1) is 9.11. The van der Waals surface area contributed by atoms with E-state index in [0.29, 0.717) is 25.2 Å². The lowest BCUT2D eigenvalue weighted by molar-refractivity contribution is -0.154. The largest absolute Gasteiger partial charge is 0.409 e. The predicted molar refractivity (Wildman–Crippen MR) is 72.8 cm³/mol. The van der Waals surface area contributed by atoms with Gasteiger partial charge >= 0.3 is 6.18 Å². The lowest BCUT2D eigenvalue weighted by Gasteiger charge is -2.30. The summed E-state index contributed by atoms with van der Waals surface area (Å²) in [6, 6.07) is 0.638. The molecular formula is C12H25F3N4O. The highest BCUT2D eigenvalue weighted by Gasteiger charge is 2.42. The van der Waals surface area contributed by atoms with Gasteiger partial charge < -0.3 is 16.3 Å². The van der Waals surface area contributed by atoms with Crippen LogP contribution < -0.4 is 11.1 Å². The Balaban J connectivity index is 4.33. The van der Waals surface area contributed by atoms with Crippen LogP contribution in [-0.4, -0.2) is 53.8 Å². The van der Waals surface area contributed by atoms with E-state index in [1.807, 2.05) is 27.7 Å². The van der Waals surface area contributed by atoms with Crippen LogP contribution in [0.2, 0.25) is 0 Å². The Kier molecular flexibility index (Phi) is 7.88. The fourth-order valence-corrected chi connectivity index (χ4v) is 2.02. The zero-order valence-electron chi connectivity index (χ0n) is 12.4. The van der Waals surface area contributed by atoms with Crippen LogP contribution in [0.5, 0.6) is 0 Å². The molecule has 0 spiro atoms. The molecule has 0 saturated heterocycles. The molecular weight excluding hydrogens is 273 g/mol. The van der Waals surface area contributed by atoms with Gasteiger partial charge in [-0.05, 0) is 27.7 Å². The Morgan fingerprint density at radius 2 is 1.75 bits per heavy atom. The van der Waals surface area contributed by atoms with Crippen molar-refractivity contribution in [1.82, 2.24) is 10.2 Å². The second-order valence-electron chi connectivity index (χ2n) is 5.25. The van der Waals surface area contributed by atoms with Gasteiger partial charge in [0.25, 0.3) is 0 Å². The Morgan fingerprint density at radius 1 is 1.25 bits per heavy atom. The number of nitrogens with two attached hydrogens (primary N) is 1. The van der Waals surface area contributed by atoms with Crippen molar-refractivity contribution in [3.8, 4) is 0 Å². The van der Waals surface area contributed by atoms with E-state index in [9.17, 15) is 13.2 Å². The number of hydrogen-bond acceptors (Lipinski definition) is 4. The smallest absolute Gasteiger partial charge is 0.400 e. The third kappa shape index (κ3) is 6.42. The average molecular weight is 298 g/mol. The molecule has 120 valence electrons. The highest BCUT2D eigenvalue weighted by molar-refractivity contribution is 5.83. The summed E-state index contributed by atoms with van der Waals surface area (Å²) in [5, 5.41) is 13.5. The van der Waals surface area contributed by atoms with Gasteiger partial charge in [0.15, 0.2) is 5.84 Å². The molecule has 0 aliphatic carbocycles. The van der Waals surface area contributed by atoms with E-state index in [2.05, 4.69) is 15.4 Å². The molecule has 4 N–H and O–H groups in total. The highest BCUT2D eigenvalue weighted by atomic mass is 19.4. The zero-order valence-corrected chi connectivity index (χ0v) is 12.4. The summed E-state index contributed by atoms with van der Waals surface area (Å²) < 4.78 is 38.0. The molecule has 8 heteroatoms. The number of alkyl halides is 3. The fraction of sp³-hybridized carbons (Fsp3) is 0.917. The maximum atomic E-state index is 12.7. The number of halogens is 3. The topological polar surface area (TPSA) is 73.9 Å². The number of hydrogen-bond donors (Lipinski definition) is 3. The zero-order chi connectivity index (χ0) is 15.9. The molecule has 5 nitrogen and oxygen atoms in total. The summed E-state index contributed by atoms with van der Waals surface area (Å²) >= 11 is 0. The molecule has 0 aliphatic heterocycles. The van der Waals surface area contributed by atoms with E-state index in [1.165, 1.54) is 0 Å². The number of nitrogens with one attached hydrogen (secondary N) is 1. The van der Waals surface area contributed by atoms with Gasteiger partial charge in [0, 0.05) is 31.7 Å². The average Bonchev–Trinajstić information content (AvgIpc) is 2.30. The first kappa shape index (κ1) is 19.0. The van der Waals surface area contributed by atoms with Gasteiger partial charge in [0.05, 0.1) is 0 Å². The van der Waals surface area contributed by atoms with Gasteiger partial charge in [0.2, 0.25) is 0 Å². The summed E-state index contributed by atoms with van der Waals surface area (Å²) in [6.45, 7) is 8.79. The molecule has 0 radical (unpaired) electrons. The monoisotopic (exact) mass is 298 g/mol. The van der Waals surface area contributed by atoms with Gasteiger partial charge in [-0.15, -0.1) is 0 Å². The molecule has 0 heterocycles. The van der Waals surface area contributed by atoms with E-state index < -0.39 is 24.5 Å². The van der Waals surface area contributed by atoms with Crippen LogP contribution in [0.25, 0.3) is 0 Å². The van der Waals surface area contributed by atoms with Crippen molar-refractivity contribution < 1.29 is 18.4 Å². The molecule has 0 saturated carbocycles. The SMILES string of the molecule is CC(C)N(CCNCC(C(N)=NO)C(F)(F)F)C(C)C. The van der Waals surface area contributed by atoms with Gasteiger partial charge in [-0.25, -0.2) is 0 Å². The van der Waals surface area contributed by atoms with Gasteiger partial charge in [0.1, 0.15) is 5.92 Å². The first-order valence-electron chi connectivity index (χ1n) is 6.61. The van der Waals surface area contributed by atoms with Crippen molar-refractivity contribution in [2.24, 2.45) is 16.8 Å². The molecule has 0 aromatic heterocycles. The molecule has 0 fully saturated rings. The summed E-state index contributed by atoms with van der Waals surface area (Å²) in [5.74, 6) is -2.80. The van der Waals surface area contributed by atoms with Crippen molar-refractivity contribution in [1.29, 1.82) is 0 Å². The minimum atomic E-state index is -4.53. The number of nitrogens with zero attached hydrogens (tertiary/aromatic N) is 2. The summed E-state index contributed by atoms with van der Waals surface area (Å²) in [4.78, 5) is 2.17. The lowest BCUT2D eigenvalue weighted by Crippen LogP contribution is -2.46. The van der Waals surface area contributed by atoms with Gasteiger partial charge in [-0.2, -0.15) is 13.2 Å². The van der Waals surface area contributed by atoms with Crippen LogP contribution >= 0.6 is 0 Å². The maximum absolute atomic E-state index is 12.7. The van der Waals surface area contributed by atoms with E-state index >= 15 is 0 Å². The Bertz CT molecular complexity index is 298. The molecule has 0 aliphatic rings. The molecule has 0 aromatic rings. The van der Waals surface area contributed by atoms with Crippen LogP contribution in [0.4, 0.5) is 13.2 Å². The van der Waals surface area contributed by atoms with Gasteiger partial charge in [-0.3, -0.25) is 4.90 Å². The third-order valence-electron chi connectivity index (χ3n) is 3.09. The number of amidine groups is 1. The van der Waals surface area contributed by atoms with Crippen molar-refractivity contribution in [3.63, 3.8) is 0 Å². The second-order valence-corrected chi connectivity index (χ2v) is 5.25. The minimum Gasteiger partial charge on any atom is -0.409 e. The van der Waals surface area contributed by atoms with E-state index in [-0.39, 0.29) is 0 Å². The third-order valence-corrected chi connectivity index (χ3v) is 3.09. The lowest BCUT2D eigenvalue weighted by atomic mass is 10.1. The predicted octanol–water partition coefficient (Wildman–Crippen LogP) is 1.62. The Hall–Kier alpha value is -1.02. The Morgan fingerprint density at radius 3 is 2.10 bits per heavy atom. The molecule has 1 unspecified atom stereocenters. The van der Waals surface area contributed by atoms with Crippen LogP contribution in [0.3, 0.4) is 0 Å². The van der Waals surface area contributed by atoms with Crippen molar-refractivity contribution in [2.45, 2.75) is 46.0 Å². The molecule has 20 heavy (non-hydrogen) atoms. The molecule has 0 rings (SSSR count). The second kappa shape index (κ2) is 8.31. The maximum Gasteiger partial charge on any atom is 0.400 e. The summed E-state index contributed by atoms with van der Waals surface area (Å²) in [6.07, 6.45) is -4.53. The molecule has 0 amide bonds. The quantitative estimate of drug-likeness (QED) is 0.209. The standard InChI is InChI=1S/C12H25F3N4O/c1-8(2)19(9(3)4)6-5-17-7-10(11(16)18-20)12(13,14)15/h8-10,17,20H,5-7H2,1-4H3,(H2,16,18). The van der Waals surface area contributed by atoms with Crippen LogP contribution in [0.15, 0.2) is 5.16 Å². The molecule has 1 atom stereocenters. The molecule has 0 bridgehead atoms. The highest BCUT2D eigenvalue weighted by Crippen LogP contribution is 2.25. The van der Waals surface area contributed by atoms with Crippen molar-refractivity contribution >= 4 is 5.84 Å². The molecule has 0 aromatic carbocycles. The normalized spacial score (nSPS) is 15.4. The van der Waals surface area contributed by atoms with Gasteiger partial charge in [-0.1, -0.05) is 5.16 Å². The number of rotatable bonds is 8. The van der Waals surface area contributed by atoms with Crippen molar-refractivity contribution in [3.05, 3.63) is 0 Å². The van der Waals surface area contributed by atoms with Crippen molar-refractivity contribution in [2.75, 3.05) is 19.6 Å². The first-order valence-corrected chi connectivity index (χ1v) is 6.61. The minimum absolute atomic E-state index is 0.319. The number of oxime groups is 1. The van der Waals surface area contributed by atoms with Crippen LogP contribution in [-0.2, 0) is 0 Å². The summed E-state index contributed by atoms with van der Waals surface area (Å²) in [7, 11) is 0. The van der Waals surface area contributed by atoms with E-state index in [4.69, 9.17) is 10.9 Å².